The van der Waals surface area contributed by atoms with Crippen molar-refractivity contribution in [3.63, 3.8) is 0 Å². The summed E-state index contributed by atoms with van der Waals surface area (Å²) in [5, 5.41) is 26.4. The van der Waals surface area contributed by atoms with Gasteiger partial charge in [-0.2, -0.15) is 23.4 Å². The lowest BCUT2D eigenvalue weighted by Crippen LogP contribution is -2.48. The number of hydrogen-bond donors (Lipinski definition) is 7. The molecule has 22 heteroatoms. The van der Waals surface area contributed by atoms with E-state index in [2.05, 4.69) is 23.2 Å². The highest BCUT2D eigenvalue weighted by Gasteiger charge is 2.57. The van der Waals surface area contributed by atoms with E-state index in [0.717, 1.165) is 6.20 Å². The molecule has 6 atom stereocenters. The Hall–Kier alpha value is -1.25. The fourth-order valence-electron chi connectivity index (χ4n) is 2.18. The molecule has 180 valence electrons. The first kappa shape index (κ1) is 23.9. The Labute approximate surface area is 184 Å². The predicted octanol–water partition coefficient (Wildman–Crippen LogP) is -2.25. The van der Waals surface area contributed by atoms with Gasteiger partial charge >= 0.3 is 29.2 Å². The monoisotopic (exact) mass is 544 g/mol. The second-order valence-corrected chi connectivity index (χ2v) is 10.1. The first-order valence-electron chi connectivity index (χ1n) is 8.47. The number of nitrogens with zero attached hydrogens (tertiary/aromatic N) is 3. The van der Waals surface area contributed by atoms with Crippen LogP contribution in [0, 0.1) is 11.3 Å². The van der Waals surface area contributed by atoms with E-state index in [4.69, 9.17) is 39.5 Å². The third-order valence-corrected chi connectivity index (χ3v) is 7.05. The smallest absolute Gasteiger partial charge is 0.386 e. The summed E-state index contributed by atoms with van der Waals surface area (Å²) in [5.41, 5.74) is 1.09. The summed E-state index contributed by atoms with van der Waals surface area (Å²) < 4.78 is 66.0. The van der Waals surface area contributed by atoms with Crippen LogP contribution in [0.5, 0.6) is 0 Å². The molecule has 0 saturated carbocycles. The molecular weight excluding hydrogens is 528 g/mol. The Morgan fingerprint density at radius 1 is 1.31 bits per heavy atom. The van der Waals surface area contributed by atoms with Gasteiger partial charge in [0.25, 0.3) is 0 Å². The molecule has 1 fully saturated rings. The Morgan fingerprint density at radius 2 is 1.94 bits per heavy atom. The van der Waals surface area contributed by atoms with E-state index in [1.807, 2.05) is 5.92 Å². The third-order valence-electron chi connectivity index (χ3n) is 3.29. The molecule has 32 heavy (non-hydrogen) atoms. The topological polar surface area (TPSA) is 283 Å². The zero-order chi connectivity index (χ0) is 26.3. The highest BCUT2D eigenvalue weighted by Crippen LogP contribution is 2.66. The van der Waals surface area contributed by atoms with Crippen molar-refractivity contribution in [1.29, 1.82) is 0 Å². The molecule has 0 aliphatic carbocycles. The third kappa shape index (κ3) is 6.64. The number of rotatable bonds is 8. The van der Waals surface area contributed by atoms with Gasteiger partial charge in [0.05, 0.1) is 15.5 Å². The minimum Gasteiger partial charge on any atom is -0.386 e. The van der Waals surface area contributed by atoms with Gasteiger partial charge in [-0.05, 0) is 17.5 Å². The molecule has 0 radical (unpaired) electrons. The molecule has 0 amide bonds. The summed E-state index contributed by atoms with van der Waals surface area (Å²) in [6.07, 6.45) is -6.40. The largest absolute Gasteiger partial charge is 0.490 e. The van der Waals surface area contributed by atoms with Crippen molar-refractivity contribution in [3.05, 3.63) is 16.7 Å². The Bertz CT molecular complexity index is 1220. The van der Waals surface area contributed by atoms with Crippen LogP contribution in [0.3, 0.4) is 0 Å². The molecule has 1 aromatic heterocycles. The number of nitrogen functional groups attached to an aromatic ring is 1. The van der Waals surface area contributed by atoms with Crippen LogP contribution in [0.2, 0.25) is 0 Å². The van der Waals surface area contributed by atoms with Crippen LogP contribution >= 0.6 is 35.1 Å². The maximum atomic E-state index is 12.1. The average molecular weight is 545 g/mol. The van der Waals surface area contributed by atoms with E-state index < -0.39 is 59.8 Å². The standard InChI is InChI=1S/C10H14ClN4O14P3/c11-2-1-10(18)7(16)5(27-8(10)15-9(17)14-6(12)3-13-15)4-26-31(22,23)29-32(24,25)28-30(19,20)21/h3,5,7-8,16,18H,4H2,(H,22,23)(H,24,25)(H2,12,14,17)(H2,19,20,21)/t5-,7+,8-,10?/m1/s1/i4D2. The molecule has 1 aliphatic rings. The van der Waals surface area contributed by atoms with E-state index >= 15 is 0 Å². The second-order valence-electron chi connectivity index (χ2n) is 5.61. The summed E-state index contributed by atoms with van der Waals surface area (Å²) in [6.45, 7) is -3.71. The molecule has 3 unspecified atom stereocenters. The lowest BCUT2D eigenvalue weighted by molar-refractivity contribution is -0.0832. The Balaban J connectivity index is 2.40. The van der Waals surface area contributed by atoms with Gasteiger partial charge in [0, 0.05) is 5.38 Å². The summed E-state index contributed by atoms with van der Waals surface area (Å²) in [6, 6.07) is 0. The predicted molar refractivity (Wildman–Crippen MR) is 99.0 cm³/mol. The Kier molecular flexibility index (Phi) is 7.13. The number of aromatic nitrogens is 3. The molecule has 0 spiro atoms. The van der Waals surface area contributed by atoms with Gasteiger partial charge in [-0.15, -0.1) is 0 Å². The van der Waals surface area contributed by atoms with Crippen LogP contribution in [0.1, 0.15) is 8.97 Å². The van der Waals surface area contributed by atoms with E-state index in [1.165, 1.54) is 0 Å². The number of aliphatic hydroxyl groups is 2. The van der Waals surface area contributed by atoms with Gasteiger partial charge in [-0.3, -0.25) is 4.52 Å². The zero-order valence-corrected chi connectivity index (χ0v) is 18.3. The van der Waals surface area contributed by atoms with Crippen LogP contribution in [0.15, 0.2) is 11.0 Å². The van der Waals surface area contributed by atoms with Gasteiger partial charge in [0.1, 0.15) is 18.0 Å². The fourth-order valence-corrected chi connectivity index (χ4v) is 5.21. The summed E-state index contributed by atoms with van der Waals surface area (Å²) in [5.74, 6) is 1.48. The van der Waals surface area contributed by atoms with Crippen LogP contribution in [-0.4, -0.2) is 68.9 Å². The number of nitrogens with two attached hydrogens (primary N) is 1. The number of ether oxygens (including phenoxy) is 1. The van der Waals surface area contributed by atoms with Crippen molar-refractivity contribution in [1.82, 2.24) is 14.8 Å². The quantitative estimate of drug-likeness (QED) is 0.134. The van der Waals surface area contributed by atoms with Crippen LogP contribution in [0.25, 0.3) is 0 Å². The molecule has 1 aromatic rings. The number of phosphoric ester groups is 1. The lowest BCUT2D eigenvalue weighted by atomic mass is 9.95. The number of phosphoric acid groups is 3. The van der Waals surface area contributed by atoms with Gasteiger partial charge in [-0.25, -0.2) is 18.5 Å². The molecule has 8 N–H and O–H groups in total. The zero-order valence-electron chi connectivity index (χ0n) is 16.9. The van der Waals surface area contributed by atoms with Crippen molar-refractivity contribution in [2.24, 2.45) is 0 Å². The molecular formula is C10H14ClN4O14P3. The maximum absolute atomic E-state index is 12.1. The maximum Gasteiger partial charge on any atom is 0.490 e. The average Bonchev–Trinajstić information content (AvgIpc) is 2.83. The van der Waals surface area contributed by atoms with E-state index in [-0.39, 0.29) is 10.5 Å². The highest BCUT2D eigenvalue weighted by atomic mass is 35.5. The number of aliphatic hydroxyl groups excluding tert-OH is 1. The van der Waals surface area contributed by atoms with Crippen LogP contribution in [0.4, 0.5) is 5.82 Å². The number of halogens is 1. The minimum atomic E-state index is -6.07. The van der Waals surface area contributed by atoms with E-state index in [9.17, 15) is 33.6 Å². The lowest BCUT2D eigenvalue weighted by Gasteiger charge is -2.25. The number of anilines is 1. The molecule has 0 bridgehead atoms. The summed E-state index contributed by atoms with van der Waals surface area (Å²) >= 11 is 5.25. The van der Waals surface area contributed by atoms with Crippen molar-refractivity contribution < 1.29 is 64.1 Å². The molecule has 1 saturated heterocycles. The molecule has 2 rings (SSSR count). The number of hydrogen-bond acceptors (Lipinski definition) is 13. The van der Waals surface area contributed by atoms with E-state index in [0.29, 0.717) is 0 Å². The van der Waals surface area contributed by atoms with Crippen LogP contribution in [-0.2, 0) is 31.6 Å². The van der Waals surface area contributed by atoms with Gasteiger partial charge in [0.15, 0.2) is 6.23 Å². The summed E-state index contributed by atoms with van der Waals surface area (Å²) in [4.78, 5) is 51.1. The van der Waals surface area contributed by atoms with Gasteiger partial charge < -0.3 is 40.3 Å². The minimum absolute atomic E-state index is 0.266. The molecule has 1 aliphatic heterocycles. The first-order valence-corrected chi connectivity index (χ1v) is 12.4. The van der Waals surface area contributed by atoms with E-state index in [1.54, 1.807) is 5.38 Å². The Morgan fingerprint density at radius 3 is 2.47 bits per heavy atom. The van der Waals surface area contributed by atoms with Crippen molar-refractivity contribution >= 4 is 40.9 Å². The molecule has 18 nitrogen and oxygen atoms in total. The molecule has 0 aromatic carbocycles. The molecule has 2 heterocycles. The first-order chi connectivity index (χ1) is 15.2. The second kappa shape index (κ2) is 9.55. The normalized spacial score (nSPS) is 30.9. The van der Waals surface area contributed by atoms with Crippen molar-refractivity contribution in [3.8, 4) is 11.3 Å². The highest BCUT2D eigenvalue weighted by molar-refractivity contribution is 7.66. The summed E-state index contributed by atoms with van der Waals surface area (Å²) in [7, 11) is -17.8. The van der Waals surface area contributed by atoms with Crippen molar-refractivity contribution in [2.45, 2.75) is 24.0 Å². The van der Waals surface area contributed by atoms with Gasteiger partial charge in [-0.1, -0.05) is 0 Å². The fraction of sp³-hybridized carbons (Fsp3) is 0.500. The van der Waals surface area contributed by atoms with Gasteiger partial charge in [0.2, 0.25) is 5.60 Å². The SMILES string of the molecule is [2H]C([2H])(OP(=O)(O)OP(=O)(O)OP(=O)(O)O)[C@H]1O[C@@H](n2ncc(N)nc2=O)C(O)(C#CCl)[C@H]1O. The van der Waals surface area contributed by atoms with Crippen LogP contribution < -0.4 is 11.4 Å². The van der Waals surface area contributed by atoms with Crippen molar-refractivity contribution in [2.75, 3.05) is 12.3 Å².